The Balaban J connectivity index is 1.71. The molecular weight excluding hydrogens is 290 g/mol. The number of ether oxygens (including phenoxy) is 2. The summed E-state index contributed by atoms with van der Waals surface area (Å²) in [6.45, 7) is 5.47. The second-order valence-corrected chi connectivity index (χ2v) is 5.74. The van der Waals surface area contributed by atoms with Crippen LogP contribution in [0.5, 0.6) is 5.75 Å². The lowest BCUT2D eigenvalue weighted by molar-refractivity contribution is 0.117. The third kappa shape index (κ3) is 6.48. The van der Waals surface area contributed by atoms with Crippen LogP contribution in [0.25, 0.3) is 0 Å². The van der Waals surface area contributed by atoms with Gasteiger partial charge in [0.25, 0.3) is 0 Å². The van der Waals surface area contributed by atoms with Crippen LogP contribution in [0.2, 0.25) is 0 Å². The molecule has 1 heterocycles. The van der Waals surface area contributed by atoms with Crippen molar-refractivity contribution in [1.82, 2.24) is 10.6 Å². The second kappa shape index (κ2) is 10.1. The van der Waals surface area contributed by atoms with Crippen molar-refractivity contribution in [3.8, 4) is 5.75 Å². The summed E-state index contributed by atoms with van der Waals surface area (Å²) in [6, 6.07) is 8.24. The highest BCUT2D eigenvalue weighted by Gasteiger charge is 2.14. The van der Waals surface area contributed by atoms with Crippen molar-refractivity contribution >= 4 is 5.96 Å². The highest BCUT2D eigenvalue weighted by atomic mass is 16.5. The number of aryl methyl sites for hydroxylation is 1. The van der Waals surface area contributed by atoms with Crippen LogP contribution in [-0.2, 0) is 11.2 Å². The molecule has 2 N–H and O–H groups in total. The minimum atomic E-state index is 0.294. The molecule has 5 heteroatoms. The van der Waals surface area contributed by atoms with Crippen molar-refractivity contribution in [2.75, 3.05) is 33.4 Å². The summed E-state index contributed by atoms with van der Waals surface area (Å²) >= 11 is 0. The Morgan fingerprint density at radius 2 is 2.30 bits per heavy atom. The Kier molecular flexibility index (Phi) is 7.73. The van der Waals surface area contributed by atoms with Gasteiger partial charge in [0.1, 0.15) is 5.75 Å². The molecule has 5 nitrogen and oxygen atoms in total. The van der Waals surface area contributed by atoms with Crippen LogP contribution in [0.1, 0.15) is 31.7 Å². The van der Waals surface area contributed by atoms with Gasteiger partial charge in [-0.1, -0.05) is 12.1 Å². The van der Waals surface area contributed by atoms with Crippen molar-refractivity contribution in [2.24, 2.45) is 4.99 Å². The summed E-state index contributed by atoms with van der Waals surface area (Å²) < 4.78 is 10.9. The first-order chi connectivity index (χ1) is 11.3. The molecule has 23 heavy (non-hydrogen) atoms. The van der Waals surface area contributed by atoms with E-state index in [9.17, 15) is 0 Å². The monoisotopic (exact) mass is 319 g/mol. The van der Waals surface area contributed by atoms with Crippen LogP contribution >= 0.6 is 0 Å². The average Bonchev–Trinajstić information content (AvgIpc) is 3.10. The number of hydrogen-bond acceptors (Lipinski definition) is 3. The molecule has 1 fully saturated rings. The van der Waals surface area contributed by atoms with Crippen molar-refractivity contribution in [2.45, 2.75) is 38.7 Å². The van der Waals surface area contributed by atoms with E-state index in [1.165, 1.54) is 5.56 Å². The first-order valence-electron chi connectivity index (χ1n) is 8.58. The lowest BCUT2D eigenvalue weighted by atomic mass is 10.1. The number of aliphatic imine (C=N–C) groups is 1. The number of nitrogens with one attached hydrogen (secondary N) is 2. The molecular formula is C18H29N3O2. The van der Waals surface area contributed by atoms with Gasteiger partial charge in [0.15, 0.2) is 5.96 Å². The molecule has 1 atom stereocenters. The Bertz CT molecular complexity index is 485. The zero-order valence-electron chi connectivity index (χ0n) is 14.3. The highest BCUT2D eigenvalue weighted by molar-refractivity contribution is 5.79. The summed E-state index contributed by atoms with van der Waals surface area (Å²) in [5.74, 6) is 1.80. The maximum Gasteiger partial charge on any atom is 0.191 e. The first kappa shape index (κ1) is 17.6. The van der Waals surface area contributed by atoms with Crippen molar-refractivity contribution in [1.29, 1.82) is 0 Å². The van der Waals surface area contributed by atoms with Crippen molar-refractivity contribution < 1.29 is 9.47 Å². The minimum Gasteiger partial charge on any atom is -0.497 e. The third-order valence-corrected chi connectivity index (χ3v) is 3.89. The Labute approximate surface area is 139 Å². The van der Waals surface area contributed by atoms with Gasteiger partial charge in [-0.2, -0.15) is 0 Å². The largest absolute Gasteiger partial charge is 0.497 e. The standard InChI is InChI=1S/C18H29N3O2/c1-3-19-18(21-14-17-10-6-12-23-17)20-11-5-8-15-7-4-9-16(13-15)22-2/h4,7,9,13,17H,3,5-6,8,10-12,14H2,1-2H3,(H2,19,20,21). The number of hydrogen-bond donors (Lipinski definition) is 2. The smallest absolute Gasteiger partial charge is 0.191 e. The zero-order chi connectivity index (χ0) is 16.3. The molecule has 0 spiro atoms. The molecule has 2 rings (SSSR count). The van der Waals surface area contributed by atoms with E-state index in [-0.39, 0.29) is 0 Å². The molecule has 0 radical (unpaired) electrons. The van der Waals surface area contributed by atoms with Gasteiger partial charge < -0.3 is 20.1 Å². The van der Waals surface area contributed by atoms with Gasteiger partial charge >= 0.3 is 0 Å². The van der Waals surface area contributed by atoms with Gasteiger partial charge in [-0.3, -0.25) is 4.99 Å². The molecule has 1 saturated heterocycles. The topological polar surface area (TPSA) is 54.9 Å². The quantitative estimate of drug-likeness (QED) is 0.439. The van der Waals surface area contributed by atoms with E-state index < -0.39 is 0 Å². The van der Waals surface area contributed by atoms with Gasteiger partial charge in [0.05, 0.1) is 19.8 Å². The van der Waals surface area contributed by atoms with Gasteiger partial charge in [-0.25, -0.2) is 0 Å². The first-order valence-corrected chi connectivity index (χ1v) is 8.58. The molecule has 1 aliphatic heterocycles. The fraction of sp³-hybridized carbons (Fsp3) is 0.611. The molecule has 0 aromatic heterocycles. The predicted octanol–water partition coefficient (Wildman–Crippen LogP) is 2.36. The number of rotatable bonds is 8. The molecule has 0 bridgehead atoms. The van der Waals surface area contributed by atoms with E-state index in [4.69, 9.17) is 9.47 Å². The van der Waals surface area contributed by atoms with Crippen LogP contribution < -0.4 is 15.4 Å². The van der Waals surface area contributed by atoms with E-state index in [1.807, 2.05) is 12.1 Å². The molecule has 128 valence electrons. The predicted molar refractivity (Wildman–Crippen MR) is 94.3 cm³/mol. The van der Waals surface area contributed by atoms with Crippen molar-refractivity contribution in [3.63, 3.8) is 0 Å². The third-order valence-electron chi connectivity index (χ3n) is 3.89. The van der Waals surface area contributed by atoms with Crippen LogP contribution in [-0.4, -0.2) is 45.4 Å². The number of guanidine groups is 1. The van der Waals surface area contributed by atoms with E-state index in [2.05, 4.69) is 34.7 Å². The van der Waals surface area contributed by atoms with E-state index >= 15 is 0 Å². The number of nitrogens with zero attached hydrogens (tertiary/aromatic N) is 1. The fourth-order valence-corrected chi connectivity index (χ4v) is 2.65. The van der Waals surface area contributed by atoms with E-state index in [0.29, 0.717) is 6.10 Å². The van der Waals surface area contributed by atoms with E-state index in [0.717, 1.165) is 63.6 Å². The lowest BCUT2D eigenvalue weighted by Gasteiger charge is -2.13. The van der Waals surface area contributed by atoms with Crippen LogP contribution in [0, 0.1) is 0 Å². The van der Waals surface area contributed by atoms with Gasteiger partial charge in [-0.15, -0.1) is 0 Å². The normalized spacial score (nSPS) is 18.0. The van der Waals surface area contributed by atoms with Crippen molar-refractivity contribution in [3.05, 3.63) is 29.8 Å². The van der Waals surface area contributed by atoms with Crippen LogP contribution in [0.15, 0.2) is 29.3 Å². The summed E-state index contributed by atoms with van der Waals surface area (Å²) in [7, 11) is 1.70. The maximum absolute atomic E-state index is 5.61. The van der Waals surface area contributed by atoms with Crippen LogP contribution in [0.4, 0.5) is 0 Å². The molecule has 0 aliphatic carbocycles. The molecule has 1 aliphatic rings. The Morgan fingerprint density at radius 1 is 1.39 bits per heavy atom. The summed E-state index contributed by atoms with van der Waals surface area (Å²) in [5.41, 5.74) is 1.30. The molecule has 0 amide bonds. The Morgan fingerprint density at radius 3 is 3.04 bits per heavy atom. The zero-order valence-corrected chi connectivity index (χ0v) is 14.3. The number of benzene rings is 1. The van der Waals surface area contributed by atoms with Gasteiger partial charge in [0.2, 0.25) is 0 Å². The summed E-state index contributed by atoms with van der Waals surface area (Å²) in [5, 5.41) is 6.68. The molecule has 1 unspecified atom stereocenters. The summed E-state index contributed by atoms with van der Waals surface area (Å²) in [6.07, 6.45) is 4.65. The molecule has 1 aromatic rings. The molecule has 1 aromatic carbocycles. The minimum absolute atomic E-state index is 0.294. The van der Waals surface area contributed by atoms with E-state index in [1.54, 1.807) is 7.11 Å². The van der Waals surface area contributed by atoms with Crippen LogP contribution in [0.3, 0.4) is 0 Å². The van der Waals surface area contributed by atoms with Gasteiger partial charge in [-0.05, 0) is 50.3 Å². The SMILES string of the molecule is CCNC(=NCC1CCCO1)NCCCc1cccc(OC)c1. The number of methoxy groups -OCH3 is 1. The fourth-order valence-electron chi connectivity index (χ4n) is 2.65. The Hall–Kier alpha value is -1.75. The lowest BCUT2D eigenvalue weighted by Crippen LogP contribution is -2.38. The summed E-state index contributed by atoms with van der Waals surface area (Å²) in [4.78, 5) is 4.62. The maximum atomic E-state index is 5.61. The highest BCUT2D eigenvalue weighted by Crippen LogP contribution is 2.14. The van der Waals surface area contributed by atoms with Gasteiger partial charge in [0, 0.05) is 19.7 Å². The molecule has 0 saturated carbocycles. The average molecular weight is 319 g/mol. The second-order valence-electron chi connectivity index (χ2n) is 5.74.